The molecule has 2 heteroatoms. The highest BCUT2D eigenvalue weighted by Crippen LogP contribution is 2.12. The Bertz CT molecular complexity index is 336. The predicted octanol–water partition coefficient (Wildman–Crippen LogP) is 2.51. The number of carbonyl (C=O) groups is 1. The van der Waals surface area contributed by atoms with Crippen molar-refractivity contribution in [3.8, 4) is 0 Å². The minimum absolute atomic E-state index is 0.0535. The number of ketones is 1. The second-order valence-corrected chi connectivity index (χ2v) is 3.31. The molecule has 0 aliphatic rings. The number of benzene rings is 1. The lowest BCUT2D eigenvalue weighted by atomic mass is 10.1. The fourth-order valence-corrected chi connectivity index (χ4v) is 1.17. The van der Waals surface area contributed by atoms with Gasteiger partial charge in [-0.1, -0.05) is 6.08 Å². The summed E-state index contributed by atoms with van der Waals surface area (Å²) < 4.78 is 0. The quantitative estimate of drug-likeness (QED) is 0.538. The summed E-state index contributed by atoms with van der Waals surface area (Å²) in [4.78, 5) is 13.4. The molecule has 0 aromatic heterocycles. The van der Waals surface area contributed by atoms with Crippen LogP contribution in [0.4, 0.5) is 5.69 Å². The number of carbonyl (C=O) groups excluding carboxylic acids is 1. The Morgan fingerprint density at radius 2 is 1.79 bits per heavy atom. The maximum Gasteiger partial charge on any atom is 0.185 e. The summed E-state index contributed by atoms with van der Waals surface area (Å²) in [7, 11) is 3.95. The van der Waals surface area contributed by atoms with Crippen LogP contribution < -0.4 is 4.90 Å². The average molecular weight is 189 g/mol. The smallest absolute Gasteiger partial charge is 0.185 e. The molecule has 74 valence electrons. The fourth-order valence-electron chi connectivity index (χ4n) is 1.17. The van der Waals surface area contributed by atoms with Crippen LogP contribution >= 0.6 is 0 Å². The van der Waals surface area contributed by atoms with Gasteiger partial charge in [-0.15, -0.1) is 0 Å². The van der Waals surface area contributed by atoms with Gasteiger partial charge in [0.25, 0.3) is 0 Å². The molecule has 2 nitrogen and oxygen atoms in total. The van der Waals surface area contributed by atoms with Crippen molar-refractivity contribution >= 4 is 11.5 Å². The zero-order chi connectivity index (χ0) is 10.6. The third kappa shape index (κ3) is 2.46. The van der Waals surface area contributed by atoms with Crippen molar-refractivity contribution in [1.82, 2.24) is 0 Å². The predicted molar refractivity (Wildman–Crippen MR) is 59.9 cm³/mol. The van der Waals surface area contributed by atoms with E-state index in [1.807, 2.05) is 50.2 Å². The Hall–Kier alpha value is -1.57. The van der Waals surface area contributed by atoms with Crippen molar-refractivity contribution in [2.75, 3.05) is 19.0 Å². The molecule has 0 radical (unpaired) electrons. The SMILES string of the molecule is C/C=C/C(=O)c1ccc(N(C)C)cc1. The third-order valence-electron chi connectivity index (χ3n) is 1.99. The van der Waals surface area contributed by atoms with Gasteiger partial charge in [-0.05, 0) is 37.3 Å². The molecule has 0 N–H and O–H groups in total. The number of hydrogen-bond donors (Lipinski definition) is 0. The van der Waals surface area contributed by atoms with Gasteiger partial charge in [-0.3, -0.25) is 4.79 Å². The minimum Gasteiger partial charge on any atom is -0.378 e. The molecule has 0 saturated carbocycles. The van der Waals surface area contributed by atoms with E-state index in [-0.39, 0.29) is 5.78 Å². The van der Waals surface area contributed by atoms with E-state index in [0.29, 0.717) is 0 Å². The lowest BCUT2D eigenvalue weighted by Gasteiger charge is -2.11. The molecule has 0 aliphatic heterocycles. The summed E-state index contributed by atoms with van der Waals surface area (Å²) in [6.45, 7) is 1.84. The standard InChI is InChI=1S/C12H15NO/c1-4-5-12(14)10-6-8-11(9-7-10)13(2)3/h4-9H,1-3H3/b5-4+. The summed E-state index contributed by atoms with van der Waals surface area (Å²) >= 11 is 0. The first kappa shape index (κ1) is 10.5. The van der Waals surface area contributed by atoms with Gasteiger partial charge in [0.15, 0.2) is 5.78 Å². The number of hydrogen-bond acceptors (Lipinski definition) is 2. The molecule has 0 fully saturated rings. The van der Waals surface area contributed by atoms with Crippen LogP contribution in [0.25, 0.3) is 0 Å². The zero-order valence-electron chi connectivity index (χ0n) is 8.82. The van der Waals surface area contributed by atoms with Gasteiger partial charge < -0.3 is 4.90 Å². The van der Waals surface area contributed by atoms with Crippen LogP contribution in [0.1, 0.15) is 17.3 Å². The van der Waals surface area contributed by atoms with E-state index in [0.717, 1.165) is 11.3 Å². The van der Waals surface area contributed by atoms with Gasteiger partial charge >= 0.3 is 0 Å². The van der Waals surface area contributed by atoms with E-state index in [1.165, 1.54) is 0 Å². The van der Waals surface area contributed by atoms with Gasteiger partial charge in [0, 0.05) is 25.3 Å². The molecular weight excluding hydrogens is 174 g/mol. The van der Waals surface area contributed by atoms with E-state index < -0.39 is 0 Å². The van der Waals surface area contributed by atoms with E-state index in [2.05, 4.69) is 0 Å². The van der Waals surface area contributed by atoms with Crippen LogP contribution in [0.3, 0.4) is 0 Å². The molecule has 0 spiro atoms. The second kappa shape index (κ2) is 4.61. The van der Waals surface area contributed by atoms with Crippen LogP contribution in [0.5, 0.6) is 0 Å². The molecule has 1 aromatic rings. The highest BCUT2D eigenvalue weighted by Gasteiger charge is 2.01. The monoisotopic (exact) mass is 189 g/mol. The molecular formula is C12H15NO. The molecule has 1 aromatic carbocycles. The summed E-state index contributed by atoms with van der Waals surface area (Å²) in [5.74, 6) is 0.0535. The molecule has 0 atom stereocenters. The molecule has 0 unspecified atom stereocenters. The van der Waals surface area contributed by atoms with Crippen LogP contribution in [0, 0.1) is 0 Å². The largest absolute Gasteiger partial charge is 0.378 e. The van der Waals surface area contributed by atoms with E-state index in [1.54, 1.807) is 12.2 Å². The Labute approximate surface area is 84.9 Å². The van der Waals surface area contributed by atoms with Crippen molar-refractivity contribution in [2.24, 2.45) is 0 Å². The highest BCUT2D eigenvalue weighted by molar-refractivity contribution is 6.04. The van der Waals surface area contributed by atoms with Crippen LogP contribution in [-0.2, 0) is 0 Å². The summed E-state index contributed by atoms with van der Waals surface area (Å²) in [6, 6.07) is 7.57. The van der Waals surface area contributed by atoms with Crippen LogP contribution in [-0.4, -0.2) is 19.9 Å². The number of rotatable bonds is 3. The maximum atomic E-state index is 11.4. The fraction of sp³-hybridized carbons (Fsp3) is 0.250. The Kier molecular flexibility index (Phi) is 3.46. The molecule has 14 heavy (non-hydrogen) atoms. The molecule has 0 heterocycles. The average Bonchev–Trinajstić information content (AvgIpc) is 2.18. The van der Waals surface area contributed by atoms with Crippen molar-refractivity contribution < 1.29 is 4.79 Å². The first-order chi connectivity index (χ1) is 6.65. The first-order valence-electron chi connectivity index (χ1n) is 4.59. The number of allylic oxidation sites excluding steroid dienone is 2. The molecule has 1 rings (SSSR count). The Morgan fingerprint density at radius 1 is 1.21 bits per heavy atom. The van der Waals surface area contributed by atoms with Gasteiger partial charge in [0.05, 0.1) is 0 Å². The van der Waals surface area contributed by atoms with Gasteiger partial charge in [0.2, 0.25) is 0 Å². The molecule has 0 aliphatic carbocycles. The van der Waals surface area contributed by atoms with E-state index >= 15 is 0 Å². The molecule has 0 saturated heterocycles. The van der Waals surface area contributed by atoms with Crippen molar-refractivity contribution in [1.29, 1.82) is 0 Å². The van der Waals surface area contributed by atoms with E-state index in [9.17, 15) is 4.79 Å². The normalized spacial score (nSPS) is 10.5. The summed E-state index contributed by atoms with van der Waals surface area (Å²) in [5, 5.41) is 0. The van der Waals surface area contributed by atoms with Gasteiger partial charge in [0.1, 0.15) is 0 Å². The van der Waals surface area contributed by atoms with Crippen molar-refractivity contribution in [3.05, 3.63) is 42.0 Å². The Morgan fingerprint density at radius 3 is 2.21 bits per heavy atom. The highest BCUT2D eigenvalue weighted by atomic mass is 16.1. The second-order valence-electron chi connectivity index (χ2n) is 3.31. The van der Waals surface area contributed by atoms with E-state index in [4.69, 9.17) is 0 Å². The van der Waals surface area contributed by atoms with Crippen LogP contribution in [0.2, 0.25) is 0 Å². The van der Waals surface area contributed by atoms with Gasteiger partial charge in [-0.2, -0.15) is 0 Å². The van der Waals surface area contributed by atoms with Crippen molar-refractivity contribution in [3.63, 3.8) is 0 Å². The van der Waals surface area contributed by atoms with Crippen LogP contribution in [0.15, 0.2) is 36.4 Å². The van der Waals surface area contributed by atoms with Gasteiger partial charge in [-0.25, -0.2) is 0 Å². The first-order valence-corrected chi connectivity index (χ1v) is 4.59. The summed E-state index contributed by atoms with van der Waals surface area (Å²) in [5.41, 5.74) is 1.83. The molecule has 0 amide bonds. The lowest BCUT2D eigenvalue weighted by Crippen LogP contribution is -2.08. The zero-order valence-corrected chi connectivity index (χ0v) is 8.82. The molecule has 0 bridgehead atoms. The maximum absolute atomic E-state index is 11.4. The topological polar surface area (TPSA) is 20.3 Å². The lowest BCUT2D eigenvalue weighted by molar-refractivity contribution is 0.104. The number of anilines is 1. The third-order valence-corrected chi connectivity index (χ3v) is 1.99. The minimum atomic E-state index is 0.0535. The number of nitrogens with zero attached hydrogens (tertiary/aromatic N) is 1. The van der Waals surface area contributed by atoms with Crippen molar-refractivity contribution in [2.45, 2.75) is 6.92 Å². The Balaban J connectivity index is 2.88. The summed E-state index contributed by atoms with van der Waals surface area (Å²) in [6.07, 6.45) is 3.33.